The second-order valence-corrected chi connectivity index (χ2v) is 4.31. The van der Waals surface area contributed by atoms with Crippen LogP contribution in [-0.2, 0) is 26.2 Å². The van der Waals surface area contributed by atoms with Crippen LogP contribution in [0.4, 0.5) is 0 Å². The molecule has 0 amide bonds. The van der Waals surface area contributed by atoms with Gasteiger partial charge in [-0.2, -0.15) is 35.0 Å². The fourth-order valence-electron chi connectivity index (χ4n) is 2.14. The van der Waals surface area contributed by atoms with Gasteiger partial charge in [-0.25, -0.2) is 0 Å². The Hall–Kier alpha value is -1.24. The summed E-state index contributed by atoms with van der Waals surface area (Å²) in [5, 5.41) is 5.32. The van der Waals surface area contributed by atoms with Gasteiger partial charge < -0.3 is 0 Å². The van der Waals surface area contributed by atoms with Crippen molar-refractivity contribution in [1.82, 2.24) is 0 Å². The molecule has 4 aromatic rings. The Morgan fingerprint density at radius 3 is 1.35 bits per heavy atom. The van der Waals surface area contributed by atoms with E-state index in [1.165, 1.54) is 21.5 Å². The molecule has 4 rings (SSSR count). The molecule has 0 saturated heterocycles. The van der Waals surface area contributed by atoms with Gasteiger partial charge >= 0.3 is 26.2 Å². The molecule has 0 nitrogen and oxygen atoms in total. The molecule has 0 aliphatic rings. The fraction of sp³-hybridized carbons (Fsp3) is 0. The van der Waals surface area contributed by atoms with Crippen molar-refractivity contribution in [3.8, 4) is 0 Å². The summed E-state index contributed by atoms with van der Waals surface area (Å²) in [5.74, 6) is 0. The van der Waals surface area contributed by atoms with Gasteiger partial charge in [-0.15, -0.1) is 59.3 Å². The molecular formula is C18H17SiZr. The molecule has 0 atom stereocenters. The fourth-order valence-corrected chi connectivity index (χ4v) is 2.14. The maximum absolute atomic E-state index is 2.12. The zero-order valence-corrected chi connectivity index (χ0v) is 16.0. The molecule has 1 radical (unpaired) electrons. The van der Waals surface area contributed by atoms with Crippen LogP contribution in [0.2, 0.25) is 0 Å². The molecule has 0 saturated carbocycles. The first-order chi connectivity index (χ1) is 8.93. The van der Waals surface area contributed by atoms with Gasteiger partial charge in [-0.05, 0) is 11.0 Å². The van der Waals surface area contributed by atoms with Gasteiger partial charge in [-0.1, -0.05) is 12.1 Å². The molecule has 0 aliphatic carbocycles. The van der Waals surface area contributed by atoms with E-state index < -0.39 is 0 Å². The molecular weight excluding hydrogens is 336 g/mol. The summed E-state index contributed by atoms with van der Waals surface area (Å²) in [5.41, 5.74) is 0. The summed E-state index contributed by atoms with van der Waals surface area (Å²) >= 11 is 0. The average molecular weight is 353 g/mol. The Morgan fingerprint density at radius 2 is 0.950 bits per heavy atom. The third kappa shape index (κ3) is 3.88. The van der Waals surface area contributed by atoms with E-state index in [9.17, 15) is 0 Å². The van der Waals surface area contributed by atoms with Crippen molar-refractivity contribution >= 4 is 32.5 Å². The summed E-state index contributed by atoms with van der Waals surface area (Å²) in [7, 11) is 0. The molecule has 0 N–H and O–H groups in total. The topological polar surface area (TPSA) is 0 Å². The van der Waals surface area contributed by atoms with Crippen LogP contribution in [0, 0.1) is 0 Å². The predicted molar refractivity (Wildman–Crippen MR) is 89.0 cm³/mol. The Labute approximate surface area is 143 Å². The van der Waals surface area contributed by atoms with Crippen molar-refractivity contribution < 1.29 is 26.2 Å². The molecule has 20 heavy (non-hydrogen) atoms. The van der Waals surface area contributed by atoms with Crippen molar-refractivity contribution in [2.75, 3.05) is 0 Å². The van der Waals surface area contributed by atoms with E-state index in [1.54, 1.807) is 0 Å². The first-order valence-corrected chi connectivity index (χ1v) is 6.14. The van der Waals surface area contributed by atoms with E-state index in [4.69, 9.17) is 0 Å². The summed E-state index contributed by atoms with van der Waals surface area (Å²) in [6.45, 7) is 0. The zero-order valence-electron chi connectivity index (χ0n) is 11.6. The molecule has 0 bridgehead atoms. The molecule has 0 aromatic heterocycles. The van der Waals surface area contributed by atoms with Crippen LogP contribution in [0.1, 0.15) is 0 Å². The van der Waals surface area contributed by atoms with Crippen LogP contribution in [0.25, 0.3) is 21.5 Å². The molecule has 0 fully saturated rings. The number of benzene rings is 2. The quantitative estimate of drug-likeness (QED) is 0.332. The van der Waals surface area contributed by atoms with E-state index in [0.717, 1.165) is 0 Å². The van der Waals surface area contributed by atoms with Crippen molar-refractivity contribution in [2.45, 2.75) is 0 Å². The second kappa shape index (κ2) is 8.14. The van der Waals surface area contributed by atoms with Crippen LogP contribution < -0.4 is 0 Å². The number of hydrogen-bond acceptors (Lipinski definition) is 0. The van der Waals surface area contributed by atoms with Crippen molar-refractivity contribution in [3.05, 3.63) is 84.9 Å². The normalized spacial score (nSPS) is 9.20. The van der Waals surface area contributed by atoms with E-state index >= 15 is 0 Å². The Balaban J connectivity index is 0.000000182. The maximum atomic E-state index is 2.12. The SMILES string of the molecule is [SiH3].[Zr+2].c1ccc2[cH-]ccc2c1.c1ccc2[cH-]ccc2c1. The number of fused-ring (bicyclic) bond motifs is 2. The third-order valence-corrected chi connectivity index (χ3v) is 3.10. The molecule has 4 aromatic carbocycles. The number of hydrogen-bond donors (Lipinski definition) is 0. The van der Waals surface area contributed by atoms with E-state index in [1.807, 2.05) is 0 Å². The van der Waals surface area contributed by atoms with Crippen LogP contribution in [-0.4, -0.2) is 11.0 Å². The first kappa shape index (κ1) is 16.8. The van der Waals surface area contributed by atoms with Crippen molar-refractivity contribution in [3.63, 3.8) is 0 Å². The van der Waals surface area contributed by atoms with Crippen LogP contribution in [0.15, 0.2) is 84.9 Å². The van der Waals surface area contributed by atoms with Gasteiger partial charge in [0.25, 0.3) is 0 Å². The van der Waals surface area contributed by atoms with E-state index in [2.05, 4.69) is 84.9 Å². The van der Waals surface area contributed by atoms with Gasteiger partial charge in [0.2, 0.25) is 0 Å². The molecule has 0 spiro atoms. The number of rotatable bonds is 0. The largest absolute Gasteiger partial charge is 2.00 e. The summed E-state index contributed by atoms with van der Waals surface area (Å²) < 4.78 is 0. The van der Waals surface area contributed by atoms with Crippen molar-refractivity contribution in [1.29, 1.82) is 0 Å². The summed E-state index contributed by atoms with van der Waals surface area (Å²) in [6.07, 6.45) is 0. The van der Waals surface area contributed by atoms with Crippen molar-refractivity contribution in [2.24, 2.45) is 0 Å². The first-order valence-electron chi connectivity index (χ1n) is 6.14. The molecule has 0 heterocycles. The molecule has 2 heteroatoms. The van der Waals surface area contributed by atoms with Gasteiger partial charge in [0.15, 0.2) is 0 Å². The van der Waals surface area contributed by atoms with Gasteiger partial charge in [0, 0.05) is 0 Å². The van der Waals surface area contributed by atoms with Gasteiger partial charge in [0.1, 0.15) is 0 Å². The van der Waals surface area contributed by atoms with E-state index in [0.29, 0.717) is 0 Å². The van der Waals surface area contributed by atoms with Gasteiger partial charge in [0.05, 0.1) is 0 Å². The van der Waals surface area contributed by atoms with Crippen LogP contribution in [0.3, 0.4) is 0 Å². The Morgan fingerprint density at radius 1 is 0.550 bits per heavy atom. The smallest absolute Gasteiger partial charge is 0.168 e. The standard InChI is InChI=1S/2C9H7.H3Si.Zr/c2*1-2-5-9-7-3-6-8(9)4-1;;/h2*1-7H;1H3;/q2*-1;;+2. The Kier molecular flexibility index (Phi) is 6.84. The second-order valence-electron chi connectivity index (χ2n) is 4.31. The average Bonchev–Trinajstić information content (AvgIpc) is 3.08. The van der Waals surface area contributed by atoms with Crippen LogP contribution >= 0.6 is 0 Å². The minimum Gasteiger partial charge on any atom is -0.168 e. The van der Waals surface area contributed by atoms with Crippen LogP contribution in [0.5, 0.6) is 0 Å². The maximum Gasteiger partial charge on any atom is 2.00 e. The molecule has 97 valence electrons. The predicted octanol–water partition coefficient (Wildman–Crippen LogP) is 3.93. The summed E-state index contributed by atoms with van der Waals surface area (Å²) in [6, 6.07) is 29.3. The minimum atomic E-state index is 0. The monoisotopic (exact) mass is 351 g/mol. The Bertz CT molecular complexity index is 625. The minimum absolute atomic E-state index is 0. The zero-order chi connectivity index (χ0) is 12.2. The summed E-state index contributed by atoms with van der Waals surface area (Å²) in [4.78, 5) is 0. The van der Waals surface area contributed by atoms with Gasteiger partial charge in [-0.3, -0.25) is 0 Å². The molecule has 0 aliphatic heterocycles. The third-order valence-electron chi connectivity index (χ3n) is 3.10. The molecule has 0 unspecified atom stereocenters. The van der Waals surface area contributed by atoms with E-state index in [-0.39, 0.29) is 37.2 Å².